The number of primary amides is 1. The Labute approximate surface area is 199 Å². The predicted molar refractivity (Wildman–Crippen MR) is 132 cm³/mol. The van der Waals surface area contributed by atoms with Crippen molar-refractivity contribution in [3.63, 3.8) is 0 Å². The maximum Gasteiger partial charge on any atom is 0.276 e. The number of carbonyl (C=O) groups is 3. The Hall–Kier alpha value is -3.00. The highest BCUT2D eigenvalue weighted by molar-refractivity contribution is 8.13. The van der Waals surface area contributed by atoms with Crippen LogP contribution in [0.15, 0.2) is 54.6 Å². The fourth-order valence-electron chi connectivity index (χ4n) is 2.94. The SMILES string of the molecule is CC(C)(C)NC(=O)C(Cc1ccc(OCc2ccccc2)cc1)NC(=O)[CH]CCSC(N)=O. The molecule has 2 aromatic carbocycles. The second kappa shape index (κ2) is 12.9. The monoisotopic (exact) mass is 470 g/mol. The van der Waals surface area contributed by atoms with Gasteiger partial charge in [0.1, 0.15) is 18.4 Å². The quantitative estimate of drug-likeness (QED) is 0.435. The molecule has 0 bridgehead atoms. The fraction of sp³-hybridized carbons (Fsp3) is 0.360. The fourth-order valence-corrected chi connectivity index (χ4v) is 3.38. The third kappa shape index (κ3) is 10.9. The van der Waals surface area contributed by atoms with Crippen molar-refractivity contribution >= 4 is 28.8 Å². The number of nitrogens with two attached hydrogens (primary N) is 1. The lowest BCUT2D eigenvalue weighted by molar-refractivity contribution is -0.128. The van der Waals surface area contributed by atoms with E-state index < -0.39 is 16.8 Å². The number of hydrogen-bond acceptors (Lipinski definition) is 5. The van der Waals surface area contributed by atoms with Crippen molar-refractivity contribution in [3.8, 4) is 5.75 Å². The van der Waals surface area contributed by atoms with E-state index in [1.54, 1.807) is 0 Å². The number of carbonyl (C=O) groups excluding carboxylic acids is 3. The molecule has 0 saturated carbocycles. The molecule has 33 heavy (non-hydrogen) atoms. The highest BCUT2D eigenvalue weighted by Gasteiger charge is 2.25. The first-order chi connectivity index (χ1) is 15.6. The Morgan fingerprint density at radius 3 is 2.30 bits per heavy atom. The molecule has 3 amide bonds. The summed E-state index contributed by atoms with van der Waals surface area (Å²) in [6.45, 7) is 6.12. The van der Waals surface area contributed by atoms with Gasteiger partial charge in [0.2, 0.25) is 11.8 Å². The first-order valence-electron chi connectivity index (χ1n) is 10.8. The first-order valence-corrected chi connectivity index (χ1v) is 11.7. The van der Waals surface area contributed by atoms with Gasteiger partial charge in [0, 0.05) is 17.7 Å². The highest BCUT2D eigenvalue weighted by atomic mass is 32.2. The minimum atomic E-state index is -0.743. The summed E-state index contributed by atoms with van der Waals surface area (Å²) in [5, 5.41) is 5.21. The highest BCUT2D eigenvalue weighted by Crippen LogP contribution is 2.16. The summed E-state index contributed by atoms with van der Waals surface area (Å²) in [7, 11) is 0. The maximum atomic E-state index is 12.8. The summed E-state index contributed by atoms with van der Waals surface area (Å²) >= 11 is 0.949. The maximum absolute atomic E-state index is 12.8. The van der Waals surface area contributed by atoms with E-state index in [0.717, 1.165) is 28.6 Å². The van der Waals surface area contributed by atoms with E-state index >= 15 is 0 Å². The third-order valence-electron chi connectivity index (χ3n) is 4.43. The molecule has 1 radical (unpaired) electrons. The lowest BCUT2D eigenvalue weighted by Crippen LogP contribution is -2.53. The van der Waals surface area contributed by atoms with E-state index in [1.807, 2.05) is 75.4 Å². The lowest BCUT2D eigenvalue weighted by atomic mass is 10.0. The number of nitrogens with one attached hydrogen (secondary N) is 2. The number of hydrogen-bond donors (Lipinski definition) is 3. The van der Waals surface area contributed by atoms with Gasteiger partial charge in [-0.3, -0.25) is 14.4 Å². The first kappa shape index (κ1) is 26.3. The molecule has 7 nitrogen and oxygen atoms in total. The van der Waals surface area contributed by atoms with Gasteiger partial charge in [0.05, 0.1) is 6.42 Å². The number of rotatable bonds is 11. The van der Waals surface area contributed by atoms with Crippen LogP contribution in [0.25, 0.3) is 0 Å². The largest absolute Gasteiger partial charge is 0.489 e. The van der Waals surface area contributed by atoms with Gasteiger partial charge in [-0.1, -0.05) is 54.2 Å². The lowest BCUT2D eigenvalue weighted by Gasteiger charge is -2.25. The van der Waals surface area contributed by atoms with Gasteiger partial charge in [-0.25, -0.2) is 0 Å². The van der Waals surface area contributed by atoms with Crippen LogP contribution in [-0.2, 0) is 22.6 Å². The Kier molecular flexibility index (Phi) is 10.3. The zero-order valence-electron chi connectivity index (χ0n) is 19.3. The second-order valence-corrected chi connectivity index (χ2v) is 9.68. The molecule has 0 spiro atoms. The van der Waals surface area contributed by atoms with Crippen molar-refractivity contribution in [3.05, 3.63) is 72.1 Å². The van der Waals surface area contributed by atoms with E-state index in [2.05, 4.69) is 10.6 Å². The van der Waals surface area contributed by atoms with Crippen molar-refractivity contribution < 1.29 is 19.1 Å². The number of amides is 3. The summed E-state index contributed by atoms with van der Waals surface area (Å²) in [6, 6.07) is 16.6. The average Bonchev–Trinajstić information content (AvgIpc) is 2.75. The van der Waals surface area contributed by atoms with Gasteiger partial charge in [0.25, 0.3) is 5.24 Å². The van der Waals surface area contributed by atoms with Crippen molar-refractivity contribution in [2.75, 3.05) is 5.75 Å². The zero-order valence-corrected chi connectivity index (χ0v) is 20.1. The van der Waals surface area contributed by atoms with Gasteiger partial charge in [-0.2, -0.15) is 0 Å². The molecule has 2 aromatic rings. The Morgan fingerprint density at radius 2 is 1.70 bits per heavy atom. The van der Waals surface area contributed by atoms with E-state index in [0.29, 0.717) is 25.2 Å². The smallest absolute Gasteiger partial charge is 0.276 e. The van der Waals surface area contributed by atoms with Gasteiger partial charge in [0.15, 0.2) is 0 Å². The van der Waals surface area contributed by atoms with Crippen LogP contribution in [0.4, 0.5) is 4.79 Å². The van der Waals surface area contributed by atoms with Gasteiger partial charge >= 0.3 is 0 Å². The van der Waals surface area contributed by atoms with E-state index in [4.69, 9.17) is 10.5 Å². The Morgan fingerprint density at radius 1 is 1.03 bits per heavy atom. The number of benzene rings is 2. The van der Waals surface area contributed by atoms with E-state index in [1.165, 1.54) is 6.42 Å². The molecule has 0 aliphatic rings. The van der Waals surface area contributed by atoms with Crippen molar-refractivity contribution in [1.29, 1.82) is 0 Å². The molecule has 0 fully saturated rings. The van der Waals surface area contributed by atoms with Crippen molar-refractivity contribution in [1.82, 2.24) is 10.6 Å². The predicted octanol–water partition coefficient (Wildman–Crippen LogP) is 3.61. The van der Waals surface area contributed by atoms with Crippen LogP contribution in [0.2, 0.25) is 0 Å². The second-order valence-electron chi connectivity index (χ2n) is 8.58. The number of thioether (sulfide) groups is 1. The third-order valence-corrected chi connectivity index (χ3v) is 5.16. The molecule has 8 heteroatoms. The normalized spacial score (nSPS) is 12.0. The molecule has 1 atom stereocenters. The van der Waals surface area contributed by atoms with Gasteiger partial charge < -0.3 is 21.1 Å². The topological polar surface area (TPSA) is 111 Å². The molecule has 0 aromatic heterocycles. The van der Waals surface area contributed by atoms with Crippen LogP contribution in [-0.4, -0.2) is 34.4 Å². The van der Waals surface area contributed by atoms with Crippen LogP contribution in [0.1, 0.15) is 38.3 Å². The summed E-state index contributed by atoms with van der Waals surface area (Å²) in [5.41, 5.74) is 6.61. The van der Waals surface area contributed by atoms with Crippen molar-refractivity contribution in [2.45, 2.75) is 51.8 Å². The van der Waals surface area contributed by atoms with Crippen LogP contribution >= 0.6 is 11.8 Å². The summed E-state index contributed by atoms with van der Waals surface area (Å²) in [4.78, 5) is 35.9. The summed E-state index contributed by atoms with van der Waals surface area (Å²) in [5.74, 6) is 0.506. The molecule has 1 unspecified atom stereocenters. The molecule has 0 aliphatic carbocycles. The van der Waals surface area contributed by atoms with Crippen LogP contribution < -0.4 is 21.1 Å². The van der Waals surface area contributed by atoms with Crippen LogP contribution in [0, 0.1) is 6.42 Å². The molecule has 2 rings (SSSR count). The minimum absolute atomic E-state index is 0.264. The molecular formula is C25H32N3O4S. The average molecular weight is 471 g/mol. The minimum Gasteiger partial charge on any atom is -0.489 e. The van der Waals surface area contributed by atoms with Crippen molar-refractivity contribution in [2.24, 2.45) is 5.73 Å². The van der Waals surface area contributed by atoms with E-state index in [9.17, 15) is 14.4 Å². The standard InChI is InChI=1S/C25H32N3O4S/c1-25(2,3)28-23(30)21(27-22(29)10-7-15-33-24(26)31)16-18-11-13-20(14-12-18)32-17-19-8-5-4-6-9-19/h4-6,8-14,21H,7,15-17H2,1-3H3,(H2,26,31)(H,27,29)(H,28,30). The molecule has 4 N–H and O–H groups in total. The van der Waals surface area contributed by atoms with E-state index in [-0.39, 0.29) is 11.8 Å². The van der Waals surface area contributed by atoms with Gasteiger partial charge in [-0.05, 0) is 50.5 Å². The molecular weight excluding hydrogens is 438 g/mol. The van der Waals surface area contributed by atoms with Crippen LogP contribution in [0.5, 0.6) is 5.75 Å². The number of ether oxygens (including phenoxy) is 1. The van der Waals surface area contributed by atoms with Gasteiger partial charge in [-0.15, -0.1) is 0 Å². The molecule has 177 valence electrons. The molecule has 0 aliphatic heterocycles. The Balaban J connectivity index is 1.97. The Bertz CT molecular complexity index is 911. The summed E-state index contributed by atoms with van der Waals surface area (Å²) in [6.07, 6.45) is 2.13. The molecule has 0 saturated heterocycles. The summed E-state index contributed by atoms with van der Waals surface area (Å²) < 4.78 is 5.81. The zero-order chi connectivity index (χ0) is 24.3. The van der Waals surface area contributed by atoms with Crippen LogP contribution in [0.3, 0.4) is 0 Å². The molecule has 0 heterocycles.